The van der Waals surface area contributed by atoms with Crippen LogP contribution in [-0.2, 0) is 17.6 Å². The number of hydrogen-bond donors (Lipinski definition) is 0. The average Bonchev–Trinajstić information content (AvgIpc) is 3.39. The third-order valence-electron chi connectivity index (χ3n) is 5.46. The van der Waals surface area contributed by atoms with Crippen molar-refractivity contribution in [1.82, 2.24) is 14.4 Å². The van der Waals surface area contributed by atoms with Crippen LogP contribution in [-0.4, -0.2) is 20.3 Å². The molecule has 0 fully saturated rings. The van der Waals surface area contributed by atoms with Crippen LogP contribution in [0, 0.1) is 12.7 Å². The second-order valence-electron chi connectivity index (χ2n) is 8.05. The molecule has 0 aliphatic heterocycles. The highest BCUT2D eigenvalue weighted by Crippen LogP contribution is 2.30. The molecule has 0 aliphatic rings. The molecular weight excluding hydrogens is 433 g/mol. The summed E-state index contributed by atoms with van der Waals surface area (Å²) in [6, 6.07) is 20.0. The lowest BCUT2D eigenvalue weighted by Gasteiger charge is -2.10. The molecular formula is C27H22FN3O3. The lowest BCUT2D eigenvalue weighted by atomic mass is 10.1. The molecule has 3 heterocycles. The zero-order chi connectivity index (χ0) is 23.7. The lowest BCUT2D eigenvalue weighted by molar-refractivity contribution is -0.132. The summed E-state index contributed by atoms with van der Waals surface area (Å²) in [6.07, 6.45) is 2.35. The van der Waals surface area contributed by atoms with E-state index in [0.29, 0.717) is 46.4 Å². The van der Waals surface area contributed by atoms with Gasteiger partial charge in [-0.2, -0.15) is 0 Å². The maximum atomic E-state index is 14.5. The highest BCUT2D eigenvalue weighted by atomic mass is 19.1. The van der Waals surface area contributed by atoms with E-state index in [1.165, 1.54) is 13.0 Å². The van der Waals surface area contributed by atoms with Gasteiger partial charge in [-0.25, -0.2) is 14.4 Å². The first-order chi connectivity index (χ1) is 16.5. The number of furan rings is 1. The van der Waals surface area contributed by atoms with Crippen molar-refractivity contribution in [3.8, 4) is 17.1 Å². The summed E-state index contributed by atoms with van der Waals surface area (Å²) in [5.74, 6) is 0.992. The Morgan fingerprint density at radius 3 is 2.44 bits per heavy atom. The quantitative estimate of drug-likeness (QED) is 0.314. The molecule has 170 valence electrons. The molecule has 0 spiro atoms. The van der Waals surface area contributed by atoms with Gasteiger partial charge >= 0.3 is 5.97 Å². The molecule has 3 aromatic heterocycles. The van der Waals surface area contributed by atoms with Crippen molar-refractivity contribution in [2.75, 3.05) is 0 Å². The van der Waals surface area contributed by atoms with E-state index in [4.69, 9.17) is 19.1 Å². The van der Waals surface area contributed by atoms with E-state index in [9.17, 15) is 9.18 Å². The molecule has 0 atom stereocenters. The number of rotatable bonds is 6. The van der Waals surface area contributed by atoms with Crippen LogP contribution in [0.1, 0.15) is 35.4 Å². The average molecular weight is 455 g/mol. The Hall–Kier alpha value is -4.26. The molecule has 5 rings (SSSR count). The molecule has 0 radical (unpaired) electrons. The molecule has 0 N–H and O–H groups in total. The number of hydrogen-bond acceptors (Lipinski definition) is 5. The van der Waals surface area contributed by atoms with E-state index in [1.54, 1.807) is 28.8 Å². The van der Waals surface area contributed by atoms with Crippen molar-refractivity contribution < 1.29 is 18.3 Å². The molecule has 7 heteroatoms. The summed E-state index contributed by atoms with van der Waals surface area (Å²) < 4.78 is 27.6. The van der Waals surface area contributed by atoms with E-state index in [-0.39, 0.29) is 12.2 Å². The van der Waals surface area contributed by atoms with Gasteiger partial charge in [-0.15, -0.1) is 0 Å². The predicted octanol–water partition coefficient (Wildman–Crippen LogP) is 5.54. The first-order valence-electron chi connectivity index (χ1n) is 10.9. The molecule has 0 saturated heterocycles. The summed E-state index contributed by atoms with van der Waals surface area (Å²) in [4.78, 5) is 21.6. The third-order valence-corrected chi connectivity index (χ3v) is 5.46. The zero-order valence-corrected chi connectivity index (χ0v) is 18.8. The highest BCUT2D eigenvalue weighted by Gasteiger charge is 2.22. The van der Waals surface area contributed by atoms with E-state index >= 15 is 0 Å². The summed E-state index contributed by atoms with van der Waals surface area (Å²) in [6.45, 7) is 3.21. The zero-order valence-electron chi connectivity index (χ0n) is 18.8. The third kappa shape index (κ3) is 4.32. The van der Waals surface area contributed by atoms with E-state index in [1.807, 2.05) is 49.4 Å². The Bertz CT molecular complexity index is 1490. The van der Waals surface area contributed by atoms with Gasteiger partial charge in [0.1, 0.15) is 23.0 Å². The van der Waals surface area contributed by atoms with Crippen LogP contribution in [0.25, 0.3) is 16.9 Å². The number of carbonyl (C=O) groups excluding carboxylic acids is 1. The van der Waals surface area contributed by atoms with Crippen molar-refractivity contribution in [3.63, 3.8) is 0 Å². The second-order valence-corrected chi connectivity index (χ2v) is 8.05. The normalized spacial score (nSPS) is 11.1. The number of ether oxygens (including phenoxy) is 1. The molecule has 0 aliphatic carbocycles. The summed E-state index contributed by atoms with van der Waals surface area (Å²) in [5.41, 5.74) is 3.64. The second kappa shape index (κ2) is 8.94. The largest absolute Gasteiger partial charge is 0.466 e. The molecule has 6 nitrogen and oxygen atoms in total. The number of halogens is 1. The summed E-state index contributed by atoms with van der Waals surface area (Å²) >= 11 is 0. The predicted molar refractivity (Wildman–Crippen MR) is 125 cm³/mol. The highest BCUT2D eigenvalue weighted by molar-refractivity contribution is 5.70. The maximum Gasteiger partial charge on any atom is 0.309 e. The van der Waals surface area contributed by atoms with Crippen LogP contribution in [0.4, 0.5) is 4.39 Å². The van der Waals surface area contributed by atoms with E-state index in [0.717, 1.165) is 11.3 Å². The molecule has 5 aromatic rings. The monoisotopic (exact) mass is 455 g/mol. The topological polar surface area (TPSA) is 69.6 Å². The van der Waals surface area contributed by atoms with Crippen molar-refractivity contribution >= 4 is 11.6 Å². The molecule has 0 amide bonds. The van der Waals surface area contributed by atoms with Crippen LogP contribution >= 0.6 is 0 Å². The number of nitrogens with zero attached hydrogens (tertiary/aromatic N) is 3. The van der Waals surface area contributed by atoms with Gasteiger partial charge in [0.15, 0.2) is 5.65 Å². The number of esters is 1. The number of carbonyl (C=O) groups is 1. The lowest BCUT2D eigenvalue weighted by Crippen LogP contribution is -2.07. The summed E-state index contributed by atoms with van der Waals surface area (Å²) in [5, 5.41) is 0. The van der Waals surface area contributed by atoms with Gasteiger partial charge in [0.2, 0.25) is 5.88 Å². The Labute approximate surface area is 195 Å². The minimum atomic E-state index is -0.465. The van der Waals surface area contributed by atoms with Crippen LogP contribution in [0.3, 0.4) is 0 Å². The first kappa shape index (κ1) is 21.6. The SMILES string of the molecule is CC(=O)Oc1c(Cc2ccc(C)o2)nc2c(Cc3ccccc3F)nc(-c3ccccc3)cn12. The number of aromatic nitrogens is 3. The van der Waals surface area contributed by atoms with E-state index in [2.05, 4.69) is 0 Å². The van der Waals surface area contributed by atoms with Gasteiger partial charge < -0.3 is 9.15 Å². The van der Waals surface area contributed by atoms with Gasteiger partial charge in [-0.1, -0.05) is 48.5 Å². The first-order valence-corrected chi connectivity index (χ1v) is 10.9. The van der Waals surface area contributed by atoms with Gasteiger partial charge in [-0.05, 0) is 30.7 Å². The number of benzene rings is 2. The smallest absolute Gasteiger partial charge is 0.309 e. The van der Waals surface area contributed by atoms with Crippen molar-refractivity contribution in [3.05, 3.63) is 107 Å². The number of fused-ring (bicyclic) bond motifs is 1. The van der Waals surface area contributed by atoms with E-state index < -0.39 is 5.97 Å². The van der Waals surface area contributed by atoms with Crippen LogP contribution in [0.15, 0.2) is 77.3 Å². The number of aryl methyl sites for hydroxylation is 1. The minimum Gasteiger partial charge on any atom is -0.466 e. The Balaban J connectivity index is 1.72. The molecule has 0 unspecified atom stereocenters. The van der Waals surface area contributed by atoms with Crippen molar-refractivity contribution in [1.29, 1.82) is 0 Å². The summed E-state index contributed by atoms with van der Waals surface area (Å²) in [7, 11) is 0. The standard InChI is InChI=1S/C27H22FN3O3/c1-17-12-13-21(33-17)15-24-27(34-18(2)32)31-16-25(19-8-4-3-5-9-19)29-23(26(31)30-24)14-20-10-6-7-11-22(20)28/h3-13,16H,14-15H2,1-2H3. The van der Waals surface area contributed by atoms with Crippen LogP contribution in [0.5, 0.6) is 5.88 Å². The van der Waals surface area contributed by atoms with Crippen LogP contribution in [0.2, 0.25) is 0 Å². The Morgan fingerprint density at radius 2 is 1.74 bits per heavy atom. The Morgan fingerprint density at radius 1 is 0.971 bits per heavy atom. The minimum absolute atomic E-state index is 0.229. The molecule has 2 aromatic carbocycles. The van der Waals surface area contributed by atoms with Gasteiger partial charge in [-0.3, -0.25) is 9.20 Å². The van der Waals surface area contributed by atoms with Gasteiger partial charge in [0, 0.05) is 25.1 Å². The molecule has 0 saturated carbocycles. The fourth-order valence-corrected chi connectivity index (χ4v) is 3.93. The molecule has 0 bridgehead atoms. The molecule has 34 heavy (non-hydrogen) atoms. The fourth-order valence-electron chi connectivity index (χ4n) is 3.93. The van der Waals surface area contributed by atoms with Crippen LogP contribution < -0.4 is 4.74 Å². The van der Waals surface area contributed by atoms with Crippen molar-refractivity contribution in [2.45, 2.75) is 26.7 Å². The van der Waals surface area contributed by atoms with Crippen molar-refractivity contribution in [2.24, 2.45) is 0 Å². The Kier molecular flexibility index (Phi) is 5.67. The fraction of sp³-hybridized carbons (Fsp3) is 0.148. The maximum absolute atomic E-state index is 14.5. The van der Waals surface area contributed by atoms with Gasteiger partial charge in [0.25, 0.3) is 0 Å². The number of imidazole rings is 1. The van der Waals surface area contributed by atoms with Gasteiger partial charge in [0.05, 0.1) is 17.8 Å².